The molecule has 1 fully saturated rings. The van der Waals surface area contributed by atoms with Crippen molar-refractivity contribution in [3.05, 3.63) is 5.89 Å². The molecule has 0 aromatic carbocycles. The topological polar surface area (TPSA) is 104 Å². The molecule has 2 heterocycles. The SMILES string of the molecule is CC1(C)C(c2nc(-c3nonc3N)no2)C1(C)C. The van der Waals surface area contributed by atoms with E-state index in [1.165, 1.54) is 0 Å². The molecule has 1 aliphatic rings. The number of rotatable bonds is 2. The highest BCUT2D eigenvalue weighted by molar-refractivity contribution is 5.61. The summed E-state index contributed by atoms with van der Waals surface area (Å²) in [5, 5.41) is 11.0. The molecule has 7 heteroatoms. The number of anilines is 1. The minimum Gasteiger partial charge on any atom is -0.379 e. The predicted octanol–water partition coefficient (Wildman–Crippen LogP) is 1.85. The Kier molecular flexibility index (Phi) is 1.92. The Morgan fingerprint density at radius 3 is 2.22 bits per heavy atom. The molecule has 18 heavy (non-hydrogen) atoms. The van der Waals surface area contributed by atoms with Gasteiger partial charge in [-0.25, -0.2) is 4.63 Å². The molecule has 0 radical (unpaired) electrons. The molecule has 0 unspecified atom stereocenters. The van der Waals surface area contributed by atoms with E-state index in [1.807, 2.05) is 0 Å². The number of nitrogens with zero attached hydrogens (tertiary/aromatic N) is 4. The lowest BCUT2D eigenvalue weighted by molar-refractivity contribution is 0.310. The second kappa shape index (κ2) is 3.09. The van der Waals surface area contributed by atoms with Crippen molar-refractivity contribution in [2.45, 2.75) is 33.6 Å². The zero-order valence-corrected chi connectivity index (χ0v) is 10.8. The Bertz CT molecular complexity index is 584. The van der Waals surface area contributed by atoms with Crippen LogP contribution in [0.4, 0.5) is 5.82 Å². The first-order valence-corrected chi connectivity index (χ1v) is 5.77. The Hall–Kier alpha value is -1.92. The summed E-state index contributed by atoms with van der Waals surface area (Å²) in [6.45, 7) is 8.75. The third-order valence-corrected chi connectivity index (χ3v) is 4.44. The van der Waals surface area contributed by atoms with Crippen LogP contribution < -0.4 is 5.73 Å². The van der Waals surface area contributed by atoms with Gasteiger partial charge >= 0.3 is 0 Å². The lowest BCUT2D eigenvalue weighted by atomic mass is 10.0. The monoisotopic (exact) mass is 249 g/mol. The van der Waals surface area contributed by atoms with Crippen LogP contribution in [0.2, 0.25) is 0 Å². The molecule has 0 bridgehead atoms. The van der Waals surface area contributed by atoms with E-state index in [9.17, 15) is 0 Å². The van der Waals surface area contributed by atoms with Crippen molar-refractivity contribution in [1.29, 1.82) is 0 Å². The van der Waals surface area contributed by atoms with Crippen LogP contribution in [0, 0.1) is 10.8 Å². The minimum atomic E-state index is 0.143. The third-order valence-electron chi connectivity index (χ3n) is 4.44. The fraction of sp³-hybridized carbons (Fsp3) is 0.636. The second-order valence-electron chi connectivity index (χ2n) is 5.83. The summed E-state index contributed by atoms with van der Waals surface area (Å²) < 4.78 is 9.83. The van der Waals surface area contributed by atoms with Crippen LogP contribution in [-0.4, -0.2) is 20.5 Å². The van der Waals surface area contributed by atoms with Crippen LogP contribution in [0.15, 0.2) is 9.15 Å². The summed E-state index contributed by atoms with van der Waals surface area (Å²) in [5.41, 5.74) is 6.20. The molecule has 96 valence electrons. The van der Waals surface area contributed by atoms with Gasteiger partial charge in [0.2, 0.25) is 11.7 Å². The summed E-state index contributed by atoms with van der Waals surface area (Å²) in [6.07, 6.45) is 0. The molecule has 0 spiro atoms. The normalized spacial score (nSPS) is 21.1. The van der Waals surface area contributed by atoms with Crippen molar-refractivity contribution in [3.8, 4) is 11.5 Å². The van der Waals surface area contributed by atoms with Gasteiger partial charge in [-0.3, -0.25) is 0 Å². The summed E-state index contributed by atoms with van der Waals surface area (Å²) in [5.74, 6) is 1.34. The van der Waals surface area contributed by atoms with E-state index in [4.69, 9.17) is 10.3 Å². The van der Waals surface area contributed by atoms with Gasteiger partial charge in [0.05, 0.1) is 0 Å². The first kappa shape index (κ1) is 11.2. The summed E-state index contributed by atoms with van der Waals surface area (Å²) >= 11 is 0. The van der Waals surface area contributed by atoms with Gasteiger partial charge in [0.1, 0.15) is 0 Å². The van der Waals surface area contributed by atoms with Crippen LogP contribution in [0.3, 0.4) is 0 Å². The van der Waals surface area contributed by atoms with Crippen LogP contribution in [0.1, 0.15) is 39.5 Å². The molecule has 2 aromatic rings. The van der Waals surface area contributed by atoms with Gasteiger partial charge in [0.15, 0.2) is 11.5 Å². The van der Waals surface area contributed by atoms with Crippen molar-refractivity contribution in [2.24, 2.45) is 10.8 Å². The first-order valence-electron chi connectivity index (χ1n) is 5.77. The van der Waals surface area contributed by atoms with E-state index < -0.39 is 0 Å². The molecule has 2 N–H and O–H groups in total. The van der Waals surface area contributed by atoms with Crippen LogP contribution in [0.5, 0.6) is 0 Å². The van der Waals surface area contributed by atoms with Gasteiger partial charge in [-0.1, -0.05) is 32.9 Å². The maximum atomic E-state index is 5.59. The van der Waals surface area contributed by atoms with E-state index in [2.05, 4.69) is 52.8 Å². The zero-order valence-electron chi connectivity index (χ0n) is 10.8. The van der Waals surface area contributed by atoms with E-state index >= 15 is 0 Å². The molecule has 0 aliphatic heterocycles. The predicted molar refractivity (Wildman–Crippen MR) is 62.3 cm³/mol. The van der Waals surface area contributed by atoms with Crippen molar-refractivity contribution >= 4 is 5.82 Å². The number of aromatic nitrogens is 4. The molecule has 1 aliphatic carbocycles. The molecule has 0 atom stereocenters. The first-order chi connectivity index (χ1) is 8.35. The van der Waals surface area contributed by atoms with Gasteiger partial charge in [0, 0.05) is 5.92 Å². The summed E-state index contributed by atoms with van der Waals surface area (Å²) in [7, 11) is 0. The lowest BCUT2D eigenvalue weighted by Crippen LogP contribution is -1.95. The highest BCUT2D eigenvalue weighted by Gasteiger charge is 2.68. The Morgan fingerprint density at radius 2 is 1.72 bits per heavy atom. The molecule has 2 aromatic heterocycles. The number of nitrogen functional groups attached to an aromatic ring is 1. The fourth-order valence-corrected chi connectivity index (χ4v) is 2.61. The molecule has 0 amide bonds. The van der Waals surface area contributed by atoms with Crippen LogP contribution in [0.25, 0.3) is 11.5 Å². The van der Waals surface area contributed by atoms with Crippen molar-refractivity contribution in [3.63, 3.8) is 0 Å². The second-order valence-corrected chi connectivity index (χ2v) is 5.83. The molecular formula is C11H15N5O2. The maximum Gasteiger partial charge on any atom is 0.231 e. The number of hydrogen-bond donors (Lipinski definition) is 1. The summed E-state index contributed by atoms with van der Waals surface area (Å²) in [6, 6.07) is 0. The average Bonchev–Trinajstić information content (AvgIpc) is 2.75. The molecular weight excluding hydrogens is 234 g/mol. The van der Waals surface area contributed by atoms with E-state index in [-0.39, 0.29) is 22.6 Å². The molecule has 3 rings (SSSR count). The smallest absolute Gasteiger partial charge is 0.231 e. The molecule has 1 saturated carbocycles. The van der Waals surface area contributed by atoms with Gasteiger partial charge in [-0.15, -0.1) is 0 Å². The van der Waals surface area contributed by atoms with Crippen molar-refractivity contribution in [1.82, 2.24) is 20.5 Å². The lowest BCUT2D eigenvalue weighted by Gasteiger charge is -2.03. The van der Waals surface area contributed by atoms with E-state index in [1.54, 1.807) is 0 Å². The van der Waals surface area contributed by atoms with E-state index in [0.29, 0.717) is 17.4 Å². The number of nitrogens with two attached hydrogens (primary N) is 1. The Labute approximate surface area is 104 Å². The maximum absolute atomic E-state index is 5.59. The van der Waals surface area contributed by atoms with Gasteiger partial charge in [0.25, 0.3) is 0 Å². The fourth-order valence-electron chi connectivity index (χ4n) is 2.61. The van der Waals surface area contributed by atoms with Crippen LogP contribution in [-0.2, 0) is 0 Å². The quantitative estimate of drug-likeness (QED) is 0.865. The van der Waals surface area contributed by atoms with Gasteiger partial charge < -0.3 is 10.3 Å². The number of hydrogen-bond acceptors (Lipinski definition) is 7. The molecule has 7 nitrogen and oxygen atoms in total. The molecule has 0 saturated heterocycles. The van der Waals surface area contributed by atoms with Gasteiger partial charge in [-0.2, -0.15) is 4.98 Å². The minimum absolute atomic E-state index is 0.143. The standard InChI is InChI=1S/C11H15N5O2/c1-10(2)6(11(10,3)4)9-13-8(16-17-9)5-7(12)15-18-14-5/h6H,1-4H3,(H2,12,15). The third kappa shape index (κ3) is 1.24. The van der Waals surface area contributed by atoms with E-state index in [0.717, 1.165) is 0 Å². The highest BCUT2D eigenvalue weighted by Crippen LogP contribution is 2.73. The van der Waals surface area contributed by atoms with Gasteiger partial charge in [-0.05, 0) is 21.1 Å². The van der Waals surface area contributed by atoms with Crippen molar-refractivity contribution in [2.75, 3.05) is 5.73 Å². The van der Waals surface area contributed by atoms with Crippen LogP contribution >= 0.6 is 0 Å². The highest BCUT2D eigenvalue weighted by atomic mass is 16.6. The summed E-state index contributed by atoms with van der Waals surface area (Å²) in [4.78, 5) is 4.35. The Morgan fingerprint density at radius 1 is 1.06 bits per heavy atom. The Balaban J connectivity index is 1.95. The average molecular weight is 249 g/mol. The zero-order chi connectivity index (χ0) is 13.1. The largest absolute Gasteiger partial charge is 0.379 e. The van der Waals surface area contributed by atoms with Crippen molar-refractivity contribution < 1.29 is 9.15 Å².